The van der Waals surface area contributed by atoms with Crippen LogP contribution < -0.4 is 0 Å². The van der Waals surface area contributed by atoms with Crippen molar-refractivity contribution in [2.75, 3.05) is 0 Å². The third-order valence-corrected chi connectivity index (χ3v) is 8.38. The molecule has 0 bridgehead atoms. The lowest BCUT2D eigenvalue weighted by Gasteiger charge is -2.19. The van der Waals surface area contributed by atoms with E-state index >= 15 is 0 Å². The van der Waals surface area contributed by atoms with Crippen LogP contribution in [0.2, 0.25) is 0 Å². The van der Waals surface area contributed by atoms with Crippen LogP contribution in [0.4, 0.5) is 0 Å². The Bertz CT molecular complexity index is 3930. The summed E-state index contributed by atoms with van der Waals surface area (Å²) in [4.78, 5) is 0. The Balaban J connectivity index is 1.44. The molecule has 9 aromatic carbocycles. The molecule has 0 aliphatic rings. The van der Waals surface area contributed by atoms with Crippen LogP contribution >= 0.6 is 0 Å². The minimum atomic E-state index is -0.838. The molecule has 0 saturated carbocycles. The van der Waals surface area contributed by atoms with Gasteiger partial charge in [0.2, 0.25) is 0 Å². The van der Waals surface area contributed by atoms with E-state index in [0.717, 1.165) is 0 Å². The molecule has 0 unspecified atom stereocenters. The van der Waals surface area contributed by atoms with Crippen molar-refractivity contribution in [3.8, 4) is 44.5 Å². The topological polar surface area (TPSA) is 13.1 Å². The molecule has 1 nitrogen and oxygen atoms in total. The van der Waals surface area contributed by atoms with Gasteiger partial charge in [0.25, 0.3) is 0 Å². The summed E-state index contributed by atoms with van der Waals surface area (Å²) >= 11 is 0. The van der Waals surface area contributed by atoms with E-state index in [0.29, 0.717) is 0 Å². The molecule has 0 radical (unpaired) electrons. The van der Waals surface area contributed by atoms with E-state index < -0.39 is 155 Å². The summed E-state index contributed by atoms with van der Waals surface area (Å²) < 4.78 is 203. The van der Waals surface area contributed by atoms with Crippen molar-refractivity contribution in [3.63, 3.8) is 0 Å². The Morgan fingerprint density at radius 2 is 0.878 bits per heavy atom. The summed E-state index contributed by atoms with van der Waals surface area (Å²) in [6.07, 6.45) is 0. The van der Waals surface area contributed by atoms with Gasteiger partial charge < -0.3 is 4.42 Å². The van der Waals surface area contributed by atoms with E-state index in [9.17, 15) is 8.22 Å². The van der Waals surface area contributed by atoms with E-state index in [4.69, 9.17) is 26.3 Å². The highest BCUT2D eigenvalue weighted by Crippen LogP contribution is 2.48. The molecule has 0 atom stereocenters. The second-order valence-electron chi connectivity index (χ2n) is 11.1. The van der Waals surface area contributed by atoms with Crippen molar-refractivity contribution in [3.05, 3.63) is 181 Å². The standard InChI is InChI=1S/C48H30O/c1-3-14-31(15-4-1)35-26-36(32-16-5-2-6-17-32)28-37(27-35)46-38-20-9-11-22-40(38)47(41-23-12-10-21-39(41)46)42-24-13-25-44-48(42)43-29-33-18-7-8-19-34(33)30-45(43)49-44/h1-30H/i1D,2D,3D,4D,5D,6D,7D,8D,13D,14D,15D,16D,17D,18D,19D,24D,25D,26D,27D,28D,29D,30D. The van der Waals surface area contributed by atoms with E-state index in [-0.39, 0.29) is 76.5 Å². The van der Waals surface area contributed by atoms with Gasteiger partial charge in [-0.05, 0) is 113 Å². The van der Waals surface area contributed by atoms with Crippen LogP contribution in [-0.4, -0.2) is 0 Å². The van der Waals surface area contributed by atoms with Crippen molar-refractivity contribution in [1.29, 1.82) is 0 Å². The Hall–Kier alpha value is -6.44. The Labute approximate surface area is 315 Å². The lowest BCUT2D eigenvalue weighted by atomic mass is 9.83. The number of hydrogen-bond donors (Lipinski definition) is 0. The normalized spacial score (nSPS) is 18.0. The molecule has 0 spiro atoms. The maximum Gasteiger partial charge on any atom is 0.136 e. The van der Waals surface area contributed by atoms with E-state index in [1.165, 1.54) is 0 Å². The summed E-state index contributed by atoms with van der Waals surface area (Å²) in [6, 6.07) is -2.91. The molecular weight excluding hydrogens is 593 g/mol. The molecular formula is C48H30O. The first-order valence-corrected chi connectivity index (χ1v) is 15.1. The van der Waals surface area contributed by atoms with Gasteiger partial charge in [-0.1, -0.05) is 145 Å². The minimum absolute atomic E-state index is 0.0526. The zero-order valence-corrected chi connectivity index (χ0v) is 25.0. The van der Waals surface area contributed by atoms with Gasteiger partial charge in [-0.3, -0.25) is 0 Å². The van der Waals surface area contributed by atoms with Gasteiger partial charge in [-0.2, -0.15) is 0 Å². The molecule has 1 aromatic heterocycles. The molecule has 0 N–H and O–H groups in total. The lowest BCUT2D eigenvalue weighted by molar-refractivity contribution is 0.669. The smallest absolute Gasteiger partial charge is 0.136 e. The van der Waals surface area contributed by atoms with Gasteiger partial charge in [-0.15, -0.1) is 0 Å². The Morgan fingerprint density at radius 1 is 0.367 bits per heavy atom. The number of fused-ring (bicyclic) bond motifs is 6. The number of benzene rings is 9. The molecule has 1 heterocycles. The maximum absolute atomic E-state index is 9.92. The first-order valence-electron chi connectivity index (χ1n) is 26.1. The Morgan fingerprint density at radius 3 is 1.47 bits per heavy atom. The molecule has 1 heteroatoms. The molecule has 228 valence electrons. The van der Waals surface area contributed by atoms with Crippen LogP contribution in [0.25, 0.3) is 98.8 Å². The molecule has 0 aliphatic heterocycles. The van der Waals surface area contributed by atoms with Crippen LogP contribution in [0.5, 0.6) is 0 Å². The van der Waals surface area contributed by atoms with Gasteiger partial charge in [0, 0.05) is 10.8 Å². The SMILES string of the molecule is [2H]c1c([2H])c([2H])c(-c2c([2H])c(-c3c([2H])c([2H])c([2H])c([2H])c3[2H])c([2H])c(-c3c4ccccc4c(-c4c([2H])c([2H])c([2H])c5oc6c([2H])c7c([2H])c([2H])c([2H])c([2H])c7c([2H])c6c45)c4ccccc34)c2[2H])c([2H])c1[2H]. The van der Waals surface area contributed by atoms with E-state index in [2.05, 4.69) is 0 Å². The predicted octanol–water partition coefficient (Wildman–Crippen LogP) is 13.7. The zero-order valence-electron chi connectivity index (χ0n) is 47.0. The van der Waals surface area contributed by atoms with Crippen molar-refractivity contribution < 1.29 is 34.6 Å². The summed E-state index contributed by atoms with van der Waals surface area (Å²) in [5, 5.41) is -0.0437. The van der Waals surface area contributed by atoms with Gasteiger partial charge in [0.15, 0.2) is 0 Å². The van der Waals surface area contributed by atoms with Crippen LogP contribution in [0, 0.1) is 0 Å². The minimum Gasteiger partial charge on any atom is -0.456 e. The summed E-state index contributed by atoms with van der Waals surface area (Å²) in [6.45, 7) is 0. The Kier molecular flexibility index (Phi) is 3.07. The summed E-state index contributed by atoms with van der Waals surface area (Å²) in [5.41, 5.74) is -3.39. The van der Waals surface area contributed by atoms with Crippen LogP contribution in [-0.2, 0) is 0 Å². The number of furan rings is 1. The third kappa shape index (κ3) is 4.47. The molecule has 0 aliphatic carbocycles. The second kappa shape index (κ2) is 11.1. The maximum atomic E-state index is 9.92. The highest BCUT2D eigenvalue weighted by atomic mass is 16.3. The zero-order chi connectivity index (χ0) is 51.5. The van der Waals surface area contributed by atoms with Gasteiger partial charge in [0.1, 0.15) is 11.2 Å². The molecule has 10 rings (SSSR count). The highest BCUT2D eigenvalue weighted by Gasteiger charge is 2.21. The van der Waals surface area contributed by atoms with Gasteiger partial charge in [-0.25, -0.2) is 0 Å². The van der Waals surface area contributed by atoms with Crippen LogP contribution in [0.3, 0.4) is 0 Å². The highest BCUT2D eigenvalue weighted by molar-refractivity contribution is 6.26. The molecule has 0 saturated heterocycles. The average Bonchev–Trinajstić information content (AvgIpc) is 3.76. The van der Waals surface area contributed by atoms with Crippen molar-refractivity contribution in [1.82, 2.24) is 0 Å². The summed E-state index contributed by atoms with van der Waals surface area (Å²) in [7, 11) is 0. The fourth-order valence-electron chi connectivity index (χ4n) is 6.36. The number of rotatable bonds is 4. The molecule has 0 amide bonds. The van der Waals surface area contributed by atoms with Gasteiger partial charge >= 0.3 is 0 Å². The monoisotopic (exact) mass is 644 g/mol. The van der Waals surface area contributed by atoms with Gasteiger partial charge in [0.05, 0.1) is 30.2 Å². The lowest BCUT2D eigenvalue weighted by Crippen LogP contribution is -1.92. The first-order chi connectivity index (χ1) is 33.5. The fourth-order valence-corrected chi connectivity index (χ4v) is 6.36. The third-order valence-electron chi connectivity index (χ3n) is 8.38. The molecule has 0 fully saturated rings. The predicted molar refractivity (Wildman–Crippen MR) is 208 cm³/mol. The van der Waals surface area contributed by atoms with Crippen molar-refractivity contribution in [2.45, 2.75) is 0 Å². The quantitative estimate of drug-likeness (QED) is 0.174. The summed E-state index contributed by atoms with van der Waals surface area (Å²) in [5.74, 6) is 0. The van der Waals surface area contributed by atoms with E-state index in [1.807, 2.05) is 0 Å². The van der Waals surface area contributed by atoms with Crippen molar-refractivity contribution in [2.24, 2.45) is 0 Å². The molecule has 49 heavy (non-hydrogen) atoms. The van der Waals surface area contributed by atoms with Crippen molar-refractivity contribution >= 4 is 54.3 Å². The average molecular weight is 645 g/mol. The molecule has 10 aromatic rings. The largest absolute Gasteiger partial charge is 0.456 e. The van der Waals surface area contributed by atoms with E-state index in [1.54, 1.807) is 48.5 Å². The first kappa shape index (κ1) is 13.6. The number of hydrogen-bond acceptors (Lipinski definition) is 1. The second-order valence-corrected chi connectivity index (χ2v) is 11.1. The van der Waals surface area contributed by atoms with Crippen LogP contribution in [0.15, 0.2) is 186 Å². The van der Waals surface area contributed by atoms with Crippen LogP contribution in [0.1, 0.15) is 30.2 Å². The fraction of sp³-hybridized carbons (Fsp3) is 0.